The summed E-state index contributed by atoms with van der Waals surface area (Å²) in [7, 11) is 0. The summed E-state index contributed by atoms with van der Waals surface area (Å²) in [5.41, 5.74) is 0.715. The molecule has 0 radical (unpaired) electrons. The molecule has 1 N–H and O–H groups in total. The molecule has 0 unspecified atom stereocenters. The van der Waals surface area contributed by atoms with E-state index < -0.39 is 11.8 Å². The van der Waals surface area contributed by atoms with Crippen molar-refractivity contribution < 1.29 is 19.1 Å². The summed E-state index contributed by atoms with van der Waals surface area (Å²) >= 11 is 0. The molecule has 0 amide bonds. The Labute approximate surface area is 135 Å². The maximum absolute atomic E-state index is 13.4. The third-order valence-electron chi connectivity index (χ3n) is 3.27. The van der Waals surface area contributed by atoms with Crippen LogP contribution < -0.4 is 0 Å². The SMILES string of the molecule is CC(=O)c1cccc(N=Nc2c(C(=O)O)nc3ccc(F)cn23)c1. The van der Waals surface area contributed by atoms with E-state index >= 15 is 0 Å². The zero-order valence-electron chi connectivity index (χ0n) is 12.5. The predicted molar refractivity (Wildman–Crippen MR) is 82.7 cm³/mol. The smallest absolute Gasteiger partial charge is 0.358 e. The van der Waals surface area contributed by atoms with E-state index in [9.17, 15) is 19.1 Å². The van der Waals surface area contributed by atoms with Crippen LogP contribution >= 0.6 is 0 Å². The second kappa shape index (κ2) is 5.99. The molecule has 0 fully saturated rings. The fraction of sp³-hybridized carbons (Fsp3) is 0.0625. The quantitative estimate of drug-likeness (QED) is 0.582. The molecular formula is C16H11FN4O3. The second-order valence-electron chi connectivity index (χ2n) is 4.97. The van der Waals surface area contributed by atoms with E-state index in [4.69, 9.17) is 0 Å². The number of aromatic carboxylic acids is 1. The van der Waals surface area contributed by atoms with Gasteiger partial charge in [-0.05, 0) is 31.2 Å². The van der Waals surface area contributed by atoms with E-state index in [-0.39, 0.29) is 22.9 Å². The Morgan fingerprint density at radius 1 is 1.21 bits per heavy atom. The van der Waals surface area contributed by atoms with Crippen molar-refractivity contribution in [1.82, 2.24) is 9.38 Å². The monoisotopic (exact) mass is 326 g/mol. The van der Waals surface area contributed by atoms with Gasteiger partial charge in [-0.2, -0.15) is 0 Å². The predicted octanol–water partition coefficient (Wildman–Crippen LogP) is 3.79. The molecule has 7 nitrogen and oxygen atoms in total. The van der Waals surface area contributed by atoms with Gasteiger partial charge in [0.15, 0.2) is 17.3 Å². The van der Waals surface area contributed by atoms with Crippen LogP contribution in [0.5, 0.6) is 0 Å². The lowest BCUT2D eigenvalue weighted by Gasteiger charge is -1.98. The van der Waals surface area contributed by atoms with Crippen molar-refractivity contribution in [2.45, 2.75) is 6.92 Å². The number of carbonyl (C=O) groups excluding carboxylic acids is 1. The first kappa shape index (κ1) is 15.5. The number of ketones is 1. The summed E-state index contributed by atoms with van der Waals surface area (Å²) in [5.74, 6) is -2.10. The largest absolute Gasteiger partial charge is 0.476 e. The third-order valence-corrected chi connectivity index (χ3v) is 3.27. The van der Waals surface area contributed by atoms with E-state index in [0.29, 0.717) is 11.3 Å². The first-order chi connectivity index (χ1) is 11.5. The van der Waals surface area contributed by atoms with E-state index in [1.54, 1.807) is 18.2 Å². The van der Waals surface area contributed by atoms with Crippen molar-refractivity contribution in [3.8, 4) is 0 Å². The molecule has 2 heterocycles. The Bertz CT molecular complexity index is 994. The summed E-state index contributed by atoms with van der Waals surface area (Å²) in [6.07, 6.45) is 1.08. The van der Waals surface area contributed by atoms with Gasteiger partial charge in [-0.15, -0.1) is 10.2 Å². The van der Waals surface area contributed by atoms with Gasteiger partial charge in [-0.1, -0.05) is 12.1 Å². The number of rotatable bonds is 4. The van der Waals surface area contributed by atoms with Gasteiger partial charge in [-0.3, -0.25) is 9.20 Å². The Balaban J connectivity index is 2.10. The van der Waals surface area contributed by atoms with Crippen LogP contribution in [0.3, 0.4) is 0 Å². The molecule has 2 aromatic heterocycles. The van der Waals surface area contributed by atoms with Gasteiger partial charge in [0.25, 0.3) is 0 Å². The first-order valence-electron chi connectivity index (χ1n) is 6.89. The molecule has 0 saturated carbocycles. The Morgan fingerprint density at radius 2 is 2.00 bits per heavy atom. The molecule has 0 aliphatic carbocycles. The molecule has 8 heteroatoms. The molecule has 0 aliphatic heterocycles. The van der Waals surface area contributed by atoms with E-state index in [1.807, 2.05) is 0 Å². The minimum Gasteiger partial charge on any atom is -0.476 e. The normalized spacial score (nSPS) is 11.2. The second-order valence-corrected chi connectivity index (χ2v) is 4.97. The number of hydrogen-bond acceptors (Lipinski definition) is 5. The maximum atomic E-state index is 13.4. The highest BCUT2D eigenvalue weighted by molar-refractivity contribution is 5.94. The van der Waals surface area contributed by atoms with Crippen LogP contribution in [0.1, 0.15) is 27.8 Å². The average Bonchev–Trinajstić information content (AvgIpc) is 2.91. The van der Waals surface area contributed by atoms with Crippen molar-refractivity contribution in [1.29, 1.82) is 0 Å². The Kier molecular flexibility index (Phi) is 3.87. The first-order valence-corrected chi connectivity index (χ1v) is 6.89. The van der Waals surface area contributed by atoms with Crippen molar-refractivity contribution in [3.63, 3.8) is 0 Å². The van der Waals surface area contributed by atoms with E-state index in [0.717, 1.165) is 6.20 Å². The van der Waals surface area contributed by atoms with Crippen LogP contribution in [0.15, 0.2) is 52.8 Å². The number of carboxylic acid groups (broad SMARTS) is 1. The highest BCUT2D eigenvalue weighted by Crippen LogP contribution is 2.25. The molecule has 3 aromatic rings. The van der Waals surface area contributed by atoms with Crippen LogP contribution in [0.25, 0.3) is 5.65 Å². The number of pyridine rings is 1. The highest BCUT2D eigenvalue weighted by atomic mass is 19.1. The van der Waals surface area contributed by atoms with Crippen LogP contribution in [0.2, 0.25) is 0 Å². The number of azo groups is 1. The number of benzene rings is 1. The lowest BCUT2D eigenvalue weighted by molar-refractivity contribution is 0.0692. The molecule has 0 spiro atoms. The lowest BCUT2D eigenvalue weighted by Crippen LogP contribution is -1.96. The van der Waals surface area contributed by atoms with Gasteiger partial charge in [0, 0.05) is 11.8 Å². The summed E-state index contributed by atoms with van der Waals surface area (Å²) in [6.45, 7) is 1.42. The maximum Gasteiger partial charge on any atom is 0.358 e. The van der Waals surface area contributed by atoms with E-state index in [2.05, 4.69) is 15.2 Å². The molecule has 120 valence electrons. The van der Waals surface area contributed by atoms with Crippen LogP contribution in [-0.2, 0) is 0 Å². The Morgan fingerprint density at radius 3 is 2.71 bits per heavy atom. The summed E-state index contributed by atoms with van der Waals surface area (Å²) in [5, 5.41) is 17.1. The molecule has 3 rings (SSSR count). The van der Waals surface area contributed by atoms with Gasteiger partial charge >= 0.3 is 5.97 Å². The van der Waals surface area contributed by atoms with Crippen molar-refractivity contribution in [2.24, 2.45) is 10.2 Å². The van der Waals surface area contributed by atoms with E-state index in [1.165, 1.54) is 29.5 Å². The van der Waals surface area contributed by atoms with Gasteiger partial charge in [-0.25, -0.2) is 14.2 Å². The topological polar surface area (TPSA) is 96.4 Å². The van der Waals surface area contributed by atoms with Crippen LogP contribution in [0, 0.1) is 5.82 Å². The van der Waals surface area contributed by atoms with Crippen LogP contribution in [-0.4, -0.2) is 26.2 Å². The van der Waals surface area contributed by atoms with Gasteiger partial charge in [0.2, 0.25) is 0 Å². The summed E-state index contributed by atoms with van der Waals surface area (Å²) < 4.78 is 14.6. The van der Waals surface area contributed by atoms with Gasteiger partial charge < -0.3 is 5.11 Å². The zero-order chi connectivity index (χ0) is 17.3. The lowest BCUT2D eigenvalue weighted by atomic mass is 10.1. The average molecular weight is 326 g/mol. The number of nitrogens with zero attached hydrogens (tertiary/aromatic N) is 4. The molecule has 0 saturated heterocycles. The highest BCUT2D eigenvalue weighted by Gasteiger charge is 2.18. The van der Waals surface area contributed by atoms with Crippen LogP contribution in [0.4, 0.5) is 15.9 Å². The minimum absolute atomic E-state index is 0.106. The molecule has 24 heavy (non-hydrogen) atoms. The zero-order valence-corrected chi connectivity index (χ0v) is 12.5. The number of imidazole rings is 1. The van der Waals surface area contributed by atoms with Crippen molar-refractivity contribution in [3.05, 3.63) is 59.7 Å². The number of aromatic nitrogens is 2. The molecule has 1 aromatic carbocycles. The fourth-order valence-corrected chi connectivity index (χ4v) is 2.14. The molecule has 0 bridgehead atoms. The summed E-state index contributed by atoms with van der Waals surface area (Å²) in [4.78, 5) is 26.6. The molecular weight excluding hydrogens is 315 g/mol. The molecule has 0 aliphatic rings. The minimum atomic E-state index is -1.30. The van der Waals surface area contributed by atoms with Gasteiger partial charge in [0.05, 0.1) is 5.69 Å². The Hall–Kier alpha value is -3.42. The third kappa shape index (κ3) is 2.89. The summed E-state index contributed by atoms with van der Waals surface area (Å²) in [6, 6.07) is 8.92. The molecule has 0 atom stereocenters. The van der Waals surface area contributed by atoms with Crippen molar-refractivity contribution >= 4 is 28.9 Å². The number of carbonyl (C=O) groups is 2. The van der Waals surface area contributed by atoms with Crippen molar-refractivity contribution in [2.75, 3.05) is 0 Å². The standard InChI is InChI=1S/C16H11FN4O3/c1-9(22)10-3-2-4-12(7-10)19-20-15-14(16(23)24)18-13-6-5-11(17)8-21(13)15/h2-8H,1H3,(H,23,24). The number of Topliss-reactive ketones (excluding diaryl/α,β-unsaturated/α-hetero) is 1. The number of hydrogen-bond donors (Lipinski definition) is 1. The number of fused-ring (bicyclic) bond motifs is 1. The number of carboxylic acids is 1. The fourth-order valence-electron chi connectivity index (χ4n) is 2.14. The number of halogens is 1. The van der Waals surface area contributed by atoms with Gasteiger partial charge in [0.1, 0.15) is 11.5 Å².